The van der Waals surface area contributed by atoms with E-state index in [9.17, 15) is 14.4 Å². The molecule has 0 saturated carbocycles. The summed E-state index contributed by atoms with van der Waals surface area (Å²) in [7, 11) is 1.54. The summed E-state index contributed by atoms with van der Waals surface area (Å²) in [5.41, 5.74) is 3.58. The lowest BCUT2D eigenvalue weighted by Gasteiger charge is -2.27. The van der Waals surface area contributed by atoms with Crippen molar-refractivity contribution in [2.24, 2.45) is 0 Å². The SMILES string of the molecule is COc1ccc(/C=C2\C(=O)NC(=O)N(c3cc(C)cc(C)c3)C2=O)cc1OCc1ccccc1. The van der Waals surface area contributed by atoms with Crippen molar-refractivity contribution in [1.82, 2.24) is 5.32 Å². The Labute approximate surface area is 197 Å². The van der Waals surface area contributed by atoms with Crippen molar-refractivity contribution in [1.29, 1.82) is 0 Å². The molecule has 1 heterocycles. The molecule has 0 aliphatic carbocycles. The van der Waals surface area contributed by atoms with Crippen LogP contribution in [0.3, 0.4) is 0 Å². The summed E-state index contributed by atoms with van der Waals surface area (Å²) in [5, 5.41) is 2.25. The number of urea groups is 1. The Hall–Kier alpha value is -4.39. The van der Waals surface area contributed by atoms with Crippen molar-refractivity contribution in [2.45, 2.75) is 20.5 Å². The molecule has 1 N–H and O–H groups in total. The number of aryl methyl sites for hydroxylation is 2. The fourth-order valence-corrected chi connectivity index (χ4v) is 3.77. The van der Waals surface area contributed by atoms with E-state index in [-0.39, 0.29) is 5.57 Å². The molecule has 1 aliphatic heterocycles. The van der Waals surface area contributed by atoms with Crippen LogP contribution in [0.15, 0.2) is 72.3 Å². The number of hydrogen-bond donors (Lipinski definition) is 1. The molecule has 1 aliphatic rings. The fraction of sp³-hybridized carbons (Fsp3) is 0.148. The molecule has 0 bridgehead atoms. The summed E-state index contributed by atoms with van der Waals surface area (Å²) < 4.78 is 11.3. The van der Waals surface area contributed by atoms with Crippen molar-refractivity contribution in [3.63, 3.8) is 0 Å². The first-order valence-corrected chi connectivity index (χ1v) is 10.7. The molecule has 3 aromatic rings. The minimum atomic E-state index is -0.779. The van der Waals surface area contributed by atoms with Crippen molar-refractivity contribution in [3.05, 3.63) is 94.6 Å². The predicted molar refractivity (Wildman–Crippen MR) is 129 cm³/mol. The van der Waals surface area contributed by atoms with Gasteiger partial charge in [0.15, 0.2) is 11.5 Å². The van der Waals surface area contributed by atoms with Crippen molar-refractivity contribution >= 4 is 29.6 Å². The highest BCUT2D eigenvalue weighted by atomic mass is 16.5. The van der Waals surface area contributed by atoms with Crippen LogP contribution >= 0.6 is 0 Å². The first-order valence-electron chi connectivity index (χ1n) is 10.7. The number of nitrogens with zero attached hydrogens (tertiary/aromatic N) is 1. The average molecular weight is 456 g/mol. The van der Waals surface area contributed by atoms with E-state index in [0.717, 1.165) is 21.6 Å². The summed E-state index contributed by atoms with van der Waals surface area (Å²) >= 11 is 0. The lowest BCUT2D eigenvalue weighted by Crippen LogP contribution is -2.54. The predicted octanol–water partition coefficient (Wildman–Crippen LogP) is 4.56. The summed E-state index contributed by atoms with van der Waals surface area (Å²) in [6, 6.07) is 19.4. The molecule has 0 aromatic heterocycles. The standard InChI is InChI=1S/C27H24N2O5/c1-17-11-18(2)13-21(12-17)29-26(31)22(25(30)28-27(29)32)14-20-9-10-23(33-3)24(15-20)34-16-19-7-5-4-6-8-19/h4-15H,16H2,1-3H3,(H,28,30,32)/b22-14+. The minimum Gasteiger partial charge on any atom is -0.493 e. The van der Waals surface area contributed by atoms with Gasteiger partial charge in [-0.05, 0) is 66.4 Å². The van der Waals surface area contributed by atoms with Gasteiger partial charge in [0.25, 0.3) is 11.8 Å². The summed E-state index contributed by atoms with van der Waals surface area (Å²) in [5.74, 6) is -0.462. The van der Waals surface area contributed by atoms with Gasteiger partial charge >= 0.3 is 6.03 Å². The van der Waals surface area contributed by atoms with Crippen LogP contribution in [0.2, 0.25) is 0 Å². The van der Waals surface area contributed by atoms with E-state index in [0.29, 0.717) is 29.4 Å². The molecular formula is C27H24N2O5. The van der Waals surface area contributed by atoms with Gasteiger partial charge in [0.05, 0.1) is 12.8 Å². The largest absolute Gasteiger partial charge is 0.493 e. The second kappa shape index (κ2) is 9.62. The molecule has 0 spiro atoms. The zero-order valence-corrected chi connectivity index (χ0v) is 19.1. The average Bonchev–Trinajstić information content (AvgIpc) is 2.80. The number of methoxy groups -OCH3 is 1. The van der Waals surface area contributed by atoms with Crippen LogP contribution < -0.4 is 19.7 Å². The Kier molecular flexibility index (Phi) is 6.45. The van der Waals surface area contributed by atoms with Crippen LogP contribution in [0, 0.1) is 13.8 Å². The maximum absolute atomic E-state index is 13.2. The number of hydrogen-bond acceptors (Lipinski definition) is 5. The lowest BCUT2D eigenvalue weighted by atomic mass is 10.0. The fourth-order valence-electron chi connectivity index (χ4n) is 3.77. The van der Waals surface area contributed by atoms with Gasteiger partial charge < -0.3 is 9.47 Å². The molecule has 1 fully saturated rings. The molecule has 0 radical (unpaired) electrons. The highest BCUT2D eigenvalue weighted by Crippen LogP contribution is 2.31. The van der Waals surface area contributed by atoms with Crippen molar-refractivity contribution in [3.8, 4) is 11.5 Å². The van der Waals surface area contributed by atoms with Gasteiger partial charge in [-0.2, -0.15) is 0 Å². The highest BCUT2D eigenvalue weighted by molar-refractivity contribution is 6.39. The molecule has 34 heavy (non-hydrogen) atoms. The number of carbonyl (C=O) groups excluding carboxylic acids is 3. The van der Waals surface area contributed by atoms with E-state index in [1.165, 1.54) is 13.2 Å². The number of ether oxygens (including phenoxy) is 2. The van der Waals surface area contributed by atoms with Crippen LogP contribution in [-0.4, -0.2) is 25.0 Å². The molecule has 7 nitrogen and oxygen atoms in total. The number of barbiturate groups is 1. The van der Waals surface area contributed by atoms with Gasteiger partial charge in [-0.3, -0.25) is 14.9 Å². The summed E-state index contributed by atoms with van der Waals surface area (Å²) in [6.07, 6.45) is 1.44. The van der Waals surface area contributed by atoms with Gasteiger partial charge in [0, 0.05) is 0 Å². The molecule has 172 valence electrons. The number of rotatable bonds is 6. The monoisotopic (exact) mass is 456 g/mol. The third-order valence-electron chi connectivity index (χ3n) is 5.30. The Morgan fingerprint density at radius 3 is 2.26 bits per heavy atom. The number of carbonyl (C=O) groups is 3. The molecule has 4 amide bonds. The maximum atomic E-state index is 13.2. The number of nitrogens with one attached hydrogen (secondary N) is 1. The second-order valence-corrected chi connectivity index (χ2v) is 7.99. The van der Waals surface area contributed by atoms with Crippen molar-refractivity contribution in [2.75, 3.05) is 12.0 Å². The van der Waals surface area contributed by atoms with Gasteiger partial charge in [0.1, 0.15) is 12.2 Å². The van der Waals surface area contributed by atoms with Gasteiger partial charge in [-0.1, -0.05) is 42.5 Å². The molecule has 1 saturated heterocycles. The second-order valence-electron chi connectivity index (χ2n) is 7.99. The highest BCUT2D eigenvalue weighted by Gasteiger charge is 2.37. The molecule has 0 unspecified atom stereocenters. The minimum absolute atomic E-state index is 0.155. The number of benzene rings is 3. The van der Waals surface area contributed by atoms with Crippen LogP contribution in [0.25, 0.3) is 6.08 Å². The van der Waals surface area contributed by atoms with Gasteiger partial charge in [0.2, 0.25) is 0 Å². The van der Waals surface area contributed by atoms with Gasteiger partial charge in [-0.25, -0.2) is 9.69 Å². The zero-order chi connectivity index (χ0) is 24.2. The van der Waals surface area contributed by atoms with Crippen LogP contribution in [-0.2, 0) is 16.2 Å². The first-order chi connectivity index (χ1) is 16.4. The summed E-state index contributed by atoms with van der Waals surface area (Å²) in [4.78, 5) is 39.2. The Morgan fingerprint density at radius 1 is 0.882 bits per heavy atom. The van der Waals surface area contributed by atoms with E-state index in [2.05, 4.69) is 5.32 Å². The Balaban J connectivity index is 1.65. The smallest absolute Gasteiger partial charge is 0.335 e. The normalized spacial score (nSPS) is 14.9. The number of imide groups is 2. The van der Waals surface area contributed by atoms with E-state index >= 15 is 0 Å². The van der Waals surface area contributed by atoms with Crippen LogP contribution in [0.1, 0.15) is 22.3 Å². The topological polar surface area (TPSA) is 84.9 Å². The molecule has 3 aromatic carbocycles. The van der Waals surface area contributed by atoms with E-state index in [1.807, 2.05) is 50.2 Å². The Bertz CT molecular complexity index is 1280. The number of amides is 4. The van der Waals surface area contributed by atoms with Crippen LogP contribution in [0.5, 0.6) is 11.5 Å². The lowest BCUT2D eigenvalue weighted by molar-refractivity contribution is -0.122. The van der Waals surface area contributed by atoms with E-state index in [4.69, 9.17) is 9.47 Å². The van der Waals surface area contributed by atoms with Crippen LogP contribution in [0.4, 0.5) is 10.5 Å². The third kappa shape index (κ3) is 4.83. The first kappa shape index (κ1) is 22.8. The number of anilines is 1. The van der Waals surface area contributed by atoms with Gasteiger partial charge in [-0.15, -0.1) is 0 Å². The molecule has 4 rings (SSSR count). The summed E-state index contributed by atoms with van der Waals surface area (Å²) in [6.45, 7) is 4.07. The third-order valence-corrected chi connectivity index (χ3v) is 5.30. The quantitative estimate of drug-likeness (QED) is 0.434. The van der Waals surface area contributed by atoms with Crippen molar-refractivity contribution < 1.29 is 23.9 Å². The van der Waals surface area contributed by atoms with E-state index < -0.39 is 17.8 Å². The molecular weight excluding hydrogens is 432 g/mol. The van der Waals surface area contributed by atoms with E-state index in [1.54, 1.807) is 30.3 Å². The maximum Gasteiger partial charge on any atom is 0.335 e. The zero-order valence-electron chi connectivity index (χ0n) is 19.1. The molecule has 0 atom stereocenters. The Morgan fingerprint density at radius 2 is 1.59 bits per heavy atom. The molecule has 7 heteroatoms.